The highest BCUT2D eigenvalue weighted by atomic mass is 16.5. The number of rotatable bonds is 7. The van der Waals surface area contributed by atoms with E-state index in [1.54, 1.807) is 0 Å². The summed E-state index contributed by atoms with van der Waals surface area (Å²) in [7, 11) is 0. The lowest BCUT2D eigenvalue weighted by Gasteiger charge is -2.32. The van der Waals surface area contributed by atoms with Gasteiger partial charge in [0, 0.05) is 18.6 Å². The fraction of sp³-hybridized carbons (Fsp3) is 0.625. The fourth-order valence-electron chi connectivity index (χ4n) is 2.61. The normalized spacial score (nSPS) is 26.7. The van der Waals surface area contributed by atoms with Crippen LogP contribution < -0.4 is 5.32 Å². The molecule has 1 aromatic rings. The van der Waals surface area contributed by atoms with Crippen LogP contribution in [0.1, 0.15) is 25.8 Å². The molecule has 1 aliphatic heterocycles. The Hall–Kier alpha value is -0.900. The van der Waals surface area contributed by atoms with Gasteiger partial charge in [-0.25, -0.2) is 0 Å². The Kier molecular flexibility index (Phi) is 5.37. The molecular weight excluding hydrogens is 238 g/mol. The van der Waals surface area contributed by atoms with Gasteiger partial charge in [-0.1, -0.05) is 37.3 Å². The second kappa shape index (κ2) is 7.04. The highest BCUT2D eigenvalue weighted by molar-refractivity contribution is 5.13. The van der Waals surface area contributed by atoms with Crippen molar-refractivity contribution < 1.29 is 9.47 Å². The van der Waals surface area contributed by atoms with Crippen molar-refractivity contribution in [3.63, 3.8) is 0 Å². The van der Waals surface area contributed by atoms with Crippen LogP contribution in [0.3, 0.4) is 0 Å². The van der Waals surface area contributed by atoms with Crippen LogP contribution in [0.15, 0.2) is 30.3 Å². The summed E-state index contributed by atoms with van der Waals surface area (Å²) in [5.41, 5.74) is 1.36. The molecule has 106 valence electrons. The second-order valence-corrected chi connectivity index (χ2v) is 5.38. The number of hydrogen-bond acceptors (Lipinski definition) is 3. The molecule has 19 heavy (non-hydrogen) atoms. The van der Waals surface area contributed by atoms with E-state index in [0.717, 1.165) is 32.7 Å². The molecule has 2 unspecified atom stereocenters. The maximum atomic E-state index is 5.95. The minimum Gasteiger partial charge on any atom is -0.378 e. The molecule has 1 aliphatic rings. The third-order valence-electron chi connectivity index (χ3n) is 4.06. The summed E-state index contributed by atoms with van der Waals surface area (Å²) in [4.78, 5) is 0. The van der Waals surface area contributed by atoms with Crippen molar-refractivity contribution >= 4 is 0 Å². The van der Waals surface area contributed by atoms with Gasteiger partial charge in [0.25, 0.3) is 0 Å². The number of ether oxygens (including phenoxy) is 2. The third-order valence-corrected chi connectivity index (χ3v) is 4.06. The molecule has 0 saturated carbocycles. The minimum atomic E-state index is 0.130. The van der Waals surface area contributed by atoms with Crippen LogP contribution in [0.25, 0.3) is 0 Å². The van der Waals surface area contributed by atoms with Crippen molar-refractivity contribution in [3.05, 3.63) is 35.9 Å². The lowest BCUT2D eigenvalue weighted by atomic mass is 9.82. The number of benzene rings is 1. The molecule has 3 nitrogen and oxygen atoms in total. The Bertz CT molecular complexity index is 368. The standard InChI is InChI=1S/C16H25NO2/c1-3-17-12-16(9-10-19-14(16)2)13-18-11-15-7-5-4-6-8-15/h4-8,14,17H,3,9-13H2,1-2H3. The molecular formula is C16H25NO2. The van der Waals surface area contributed by atoms with Crippen LogP contribution >= 0.6 is 0 Å². The molecule has 1 heterocycles. The van der Waals surface area contributed by atoms with Gasteiger partial charge < -0.3 is 14.8 Å². The molecule has 0 aromatic heterocycles. The highest BCUT2D eigenvalue weighted by Crippen LogP contribution is 2.34. The fourth-order valence-corrected chi connectivity index (χ4v) is 2.61. The van der Waals surface area contributed by atoms with Crippen LogP contribution in [0.5, 0.6) is 0 Å². The van der Waals surface area contributed by atoms with Crippen molar-refractivity contribution in [1.29, 1.82) is 0 Å². The molecule has 0 radical (unpaired) electrons. The Labute approximate surface area is 116 Å². The summed E-state index contributed by atoms with van der Waals surface area (Å²) < 4.78 is 11.7. The summed E-state index contributed by atoms with van der Waals surface area (Å²) in [6.45, 7) is 8.56. The van der Waals surface area contributed by atoms with Crippen LogP contribution in [0, 0.1) is 5.41 Å². The third kappa shape index (κ3) is 3.78. The lowest BCUT2D eigenvalue weighted by molar-refractivity contribution is -0.0119. The molecule has 2 rings (SSSR count). The van der Waals surface area contributed by atoms with E-state index in [0.29, 0.717) is 6.61 Å². The molecule has 0 bridgehead atoms. The van der Waals surface area contributed by atoms with Gasteiger partial charge in [-0.15, -0.1) is 0 Å². The molecule has 1 saturated heterocycles. The molecule has 0 amide bonds. The Morgan fingerprint density at radius 3 is 2.79 bits per heavy atom. The van der Waals surface area contributed by atoms with E-state index in [4.69, 9.17) is 9.47 Å². The number of hydrogen-bond donors (Lipinski definition) is 1. The maximum Gasteiger partial charge on any atom is 0.0717 e. The van der Waals surface area contributed by atoms with E-state index in [1.165, 1.54) is 5.56 Å². The van der Waals surface area contributed by atoms with Gasteiger partial charge in [0.1, 0.15) is 0 Å². The molecule has 0 aliphatic carbocycles. The van der Waals surface area contributed by atoms with E-state index in [-0.39, 0.29) is 11.5 Å². The monoisotopic (exact) mass is 263 g/mol. The van der Waals surface area contributed by atoms with Gasteiger partial charge >= 0.3 is 0 Å². The van der Waals surface area contributed by atoms with Gasteiger partial charge in [-0.2, -0.15) is 0 Å². The smallest absolute Gasteiger partial charge is 0.0717 e. The molecule has 1 fully saturated rings. The molecule has 0 spiro atoms. The zero-order chi connectivity index (χ0) is 13.6. The van der Waals surface area contributed by atoms with E-state index in [9.17, 15) is 0 Å². The quantitative estimate of drug-likeness (QED) is 0.820. The van der Waals surface area contributed by atoms with Crippen LogP contribution in [-0.2, 0) is 16.1 Å². The minimum absolute atomic E-state index is 0.130. The Morgan fingerprint density at radius 2 is 2.16 bits per heavy atom. The van der Waals surface area contributed by atoms with Crippen molar-refractivity contribution in [3.8, 4) is 0 Å². The largest absolute Gasteiger partial charge is 0.378 e. The topological polar surface area (TPSA) is 30.5 Å². The Morgan fingerprint density at radius 1 is 1.37 bits per heavy atom. The second-order valence-electron chi connectivity index (χ2n) is 5.38. The van der Waals surface area contributed by atoms with Gasteiger partial charge in [-0.05, 0) is 25.5 Å². The van der Waals surface area contributed by atoms with E-state index in [1.807, 2.05) is 6.07 Å². The van der Waals surface area contributed by atoms with Crippen LogP contribution in [-0.4, -0.2) is 32.4 Å². The number of nitrogens with one attached hydrogen (secondary N) is 1. The van der Waals surface area contributed by atoms with Crippen LogP contribution in [0.4, 0.5) is 0 Å². The van der Waals surface area contributed by atoms with E-state index in [2.05, 4.69) is 43.4 Å². The van der Waals surface area contributed by atoms with E-state index >= 15 is 0 Å². The molecule has 2 atom stereocenters. The van der Waals surface area contributed by atoms with Crippen LogP contribution in [0.2, 0.25) is 0 Å². The predicted octanol–water partition coefficient (Wildman–Crippen LogP) is 2.61. The summed E-state index contributed by atoms with van der Waals surface area (Å²) in [5.74, 6) is 0. The summed E-state index contributed by atoms with van der Waals surface area (Å²) in [5, 5.41) is 3.45. The molecule has 1 N–H and O–H groups in total. The average molecular weight is 263 g/mol. The Balaban J connectivity index is 1.86. The summed E-state index contributed by atoms with van der Waals surface area (Å²) in [6.07, 6.45) is 1.35. The average Bonchev–Trinajstić information content (AvgIpc) is 2.80. The summed E-state index contributed by atoms with van der Waals surface area (Å²) >= 11 is 0. The first-order valence-corrected chi connectivity index (χ1v) is 7.21. The molecule has 1 aromatic carbocycles. The zero-order valence-corrected chi connectivity index (χ0v) is 12.0. The van der Waals surface area contributed by atoms with Gasteiger partial charge in [0.15, 0.2) is 0 Å². The first-order chi connectivity index (χ1) is 9.27. The van der Waals surface area contributed by atoms with Gasteiger partial charge in [0.2, 0.25) is 0 Å². The zero-order valence-electron chi connectivity index (χ0n) is 12.0. The van der Waals surface area contributed by atoms with E-state index < -0.39 is 0 Å². The summed E-state index contributed by atoms with van der Waals surface area (Å²) in [6, 6.07) is 10.3. The van der Waals surface area contributed by atoms with Crippen molar-refractivity contribution in [2.24, 2.45) is 5.41 Å². The maximum absolute atomic E-state index is 5.95. The van der Waals surface area contributed by atoms with Gasteiger partial charge in [-0.3, -0.25) is 0 Å². The van der Waals surface area contributed by atoms with Gasteiger partial charge in [0.05, 0.1) is 19.3 Å². The molecule has 3 heteroatoms. The van der Waals surface area contributed by atoms with Crippen molar-refractivity contribution in [2.45, 2.75) is 33.0 Å². The SMILES string of the molecule is CCNCC1(COCc2ccccc2)CCOC1C. The first-order valence-electron chi connectivity index (χ1n) is 7.21. The lowest BCUT2D eigenvalue weighted by Crippen LogP contribution is -2.43. The van der Waals surface area contributed by atoms with Crippen molar-refractivity contribution in [2.75, 3.05) is 26.3 Å². The first kappa shape index (κ1) is 14.5. The highest BCUT2D eigenvalue weighted by Gasteiger charge is 2.41. The van der Waals surface area contributed by atoms with Crippen molar-refractivity contribution in [1.82, 2.24) is 5.32 Å². The predicted molar refractivity (Wildman–Crippen MR) is 77.1 cm³/mol.